The van der Waals surface area contributed by atoms with Crippen LogP contribution in [0.2, 0.25) is 0 Å². The number of aromatic nitrogens is 1. The molecule has 0 atom stereocenters. The molecular formula is C15H12LiNO5. The van der Waals surface area contributed by atoms with Crippen LogP contribution in [-0.2, 0) is 22.6 Å². The summed E-state index contributed by atoms with van der Waals surface area (Å²) in [5, 5.41) is 22.2. The minimum atomic E-state index is -1.44. The summed E-state index contributed by atoms with van der Waals surface area (Å²) in [5.41, 5.74) is 0.515. The monoisotopic (exact) mass is 293 g/mol. The van der Waals surface area contributed by atoms with Crippen LogP contribution in [0.4, 0.5) is 0 Å². The third kappa shape index (κ3) is 4.62. The van der Waals surface area contributed by atoms with Crippen LogP contribution in [0.25, 0.3) is 0 Å². The first-order valence-corrected chi connectivity index (χ1v) is 6.20. The van der Waals surface area contributed by atoms with Gasteiger partial charge in [-0.1, -0.05) is 30.3 Å². The zero-order chi connectivity index (χ0) is 15.2. The van der Waals surface area contributed by atoms with E-state index in [1.807, 2.05) is 6.07 Å². The van der Waals surface area contributed by atoms with Crippen LogP contribution in [0.3, 0.4) is 0 Å². The summed E-state index contributed by atoms with van der Waals surface area (Å²) < 4.78 is 5.42. The Morgan fingerprint density at radius 1 is 1.09 bits per heavy atom. The molecule has 0 saturated carbocycles. The van der Waals surface area contributed by atoms with Crippen molar-refractivity contribution in [1.82, 2.24) is 0 Å². The van der Waals surface area contributed by atoms with Crippen LogP contribution in [0, 0.1) is 5.21 Å². The zero-order valence-corrected chi connectivity index (χ0v) is 12.0. The van der Waals surface area contributed by atoms with E-state index in [4.69, 9.17) is 4.74 Å². The molecule has 22 heavy (non-hydrogen) atoms. The summed E-state index contributed by atoms with van der Waals surface area (Å²) in [6, 6.07) is 11.7. The molecule has 1 heterocycles. The van der Waals surface area contributed by atoms with Gasteiger partial charge in [0.05, 0.1) is 12.4 Å². The van der Waals surface area contributed by atoms with Gasteiger partial charge in [-0.05, 0) is 11.6 Å². The number of pyridine rings is 1. The van der Waals surface area contributed by atoms with Crippen molar-refractivity contribution >= 4 is 11.9 Å². The molecule has 0 aliphatic rings. The van der Waals surface area contributed by atoms with Crippen molar-refractivity contribution in [3.63, 3.8) is 0 Å². The maximum absolute atomic E-state index is 12.0. The first-order valence-electron chi connectivity index (χ1n) is 6.20. The topological polar surface area (TPSA) is 93.4 Å². The zero-order valence-electron chi connectivity index (χ0n) is 12.0. The molecule has 0 N–H and O–H groups in total. The van der Waals surface area contributed by atoms with Gasteiger partial charge in [-0.25, -0.2) is 4.79 Å². The van der Waals surface area contributed by atoms with Crippen LogP contribution >= 0.6 is 0 Å². The number of benzene rings is 1. The average Bonchev–Trinajstić information content (AvgIpc) is 2.47. The number of carboxylic acids is 1. The number of esters is 1. The number of carbonyl (C=O) groups excluding carboxylic acids is 2. The predicted octanol–water partition coefficient (Wildman–Crippen LogP) is -3.03. The Kier molecular flexibility index (Phi) is 6.64. The van der Waals surface area contributed by atoms with E-state index in [-0.39, 0.29) is 36.7 Å². The van der Waals surface area contributed by atoms with Crippen molar-refractivity contribution in [3.05, 3.63) is 70.7 Å². The summed E-state index contributed by atoms with van der Waals surface area (Å²) in [4.78, 5) is 22.6. The number of hydrogen-bond acceptors (Lipinski definition) is 5. The van der Waals surface area contributed by atoms with Crippen LogP contribution < -0.4 is 28.7 Å². The number of aliphatic carboxylic acids is 1. The van der Waals surface area contributed by atoms with Gasteiger partial charge in [0.15, 0.2) is 6.20 Å². The number of carboxylic acid groups (broad SMARTS) is 1. The third-order valence-corrected chi connectivity index (χ3v) is 2.81. The molecule has 0 aliphatic carbocycles. The quantitative estimate of drug-likeness (QED) is 0.253. The van der Waals surface area contributed by atoms with E-state index in [0.29, 0.717) is 4.73 Å². The van der Waals surface area contributed by atoms with Gasteiger partial charge in [0.1, 0.15) is 12.2 Å². The summed E-state index contributed by atoms with van der Waals surface area (Å²) in [6.07, 6.45) is 0.465. The van der Waals surface area contributed by atoms with Crippen molar-refractivity contribution in [1.29, 1.82) is 0 Å². The van der Waals surface area contributed by atoms with Gasteiger partial charge in [0, 0.05) is 6.07 Å². The summed E-state index contributed by atoms with van der Waals surface area (Å²) >= 11 is 0. The van der Waals surface area contributed by atoms with Gasteiger partial charge in [-0.3, -0.25) is 0 Å². The maximum Gasteiger partial charge on any atom is 1.00 e. The van der Waals surface area contributed by atoms with E-state index in [1.165, 1.54) is 12.1 Å². The first kappa shape index (κ1) is 17.8. The second-order valence-electron chi connectivity index (χ2n) is 4.30. The molecule has 0 fully saturated rings. The van der Waals surface area contributed by atoms with Crippen molar-refractivity contribution in [2.45, 2.75) is 13.0 Å². The molecule has 1 aromatic carbocycles. The number of hydrogen-bond donors (Lipinski definition) is 0. The van der Waals surface area contributed by atoms with Gasteiger partial charge in [-0.2, -0.15) is 4.73 Å². The van der Waals surface area contributed by atoms with Crippen LogP contribution in [-0.4, -0.2) is 11.9 Å². The Morgan fingerprint density at radius 3 is 2.41 bits per heavy atom. The first-order chi connectivity index (χ1) is 10.1. The number of rotatable bonds is 5. The SMILES string of the molecule is O=C([O-])Cc1c(C(=O)OCc2ccccc2)ccc[n+]1[O-].[Li+]. The summed E-state index contributed by atoms with van der Waals surface area (Å²) in [5.74, 6) is -2.19. The molecule has 7 heteroatoms. The minimum absolute atomic E-state index is 0. The number of nitrogens with zero attached hydrogens (tertiary/aromatic N) is 1. The molecule has 2 aromatic rings. The van der Waals surface area contributed by atoms with Gasteiger partial charge in [0.25, 0.3) is 0 Å². The van der Waals surface area contributed by atoms with Crippen molar-refractivity contribution in [2.75, 3.05) is 0 Å². The van der Waals surface area contributed by atoms with E-state index in [1.54, 1.807) is 24.3 Å². The van der Waals surface area contributed by atoms with Crippen molar-refractivity contribution in [2.24, 2.45) is 0 Å². The largest absolute Gasteiger partial charge is 1.00 e. The molecule has 6 nitrogen and oxygen atoms in total. The van der Waals surface area contributed by atoms with E-state index in [2.05, 4.69) is 0 Å². The molecule has 1 aromatic heterocycles. The second kappa shape index (κ2) is 8.22. The smallest absolute Gasteiger partial charge is 0.618 e. The standard InChI is InChI=1S/C15H13NO5.Li/c17-14(18)9-13-12(7-4-8-16(13)20)15(19)21-10-11-5-2-1-3-6-11;/h1-8H,9-10H2,(H,17,18);/q;+1/p-1. The molecule has 0 unspecified atom stereocenters. The van der Waals surface area contributed by atoms with Crippen LogP contribution in [0.5, 0.6) is 0 Å². The molecule has 0 saturated heterocycles. The molecule has 0 aliphatic heterocycles. The Morgan fingerprint density at radius 2 is 1.77 bits per heavy atom. The average molecular weight is 293 g/mol. The third-order valence-electron chi connectivity index (χ3n) is 2.81. The molecule has 2 rings (SSSR count). The fraction of sp³-hybridized carbons (Fsp3) is 0.133. The molecule has 0 amide bonds. The van der Waals surface area contributed by atoms with Crippen molar-refractivity contribution < 1.29 is 43.0 Å². The summed E-state index contributed by atoms with van der Waals surface area (Å²) in [7, 11) is 0. The fourth-order valence-electron chi connectivity index (χ4n) is 1.82. The number of carbonyl (C=O) groups is 2. The Bertz CT molecular complexity index is 660. The van der Waals surface area contributed by atoms with Gasteiger partial charge in [0.2, 0.25) is 5.69 Å². The minimum Gasteiger partial charge on any atom is -0.618 e. The molecule has 0 radical (unpaired) electrons. The van der Waals surface area contributed by atoms with Crippen molar-refractivity contribution in [3.8, 4) is 0 Å². The van der Waals surface area contributed by atoms with Crippen LogP contribution in [0.15, 0.2) is 48.7 Å². The maximum atomic E-state index is 12.0. The van der Waals surface area contributed by atoms with E-state index in [9.17, 15) is 19.9 Å². The van der Waals surface area contributed by atoms with E-state index >= 15 is 0 Å². The second-order valence-corrected chi connectivity index (χ2v) is 4.30. The molecule has 108 valence electrons. The Balaban J connectivity index is 0.00000242. The van der Waals surface area contributed by atoms with Crippen LogP contribution in [0.1, 0.15) is 21.6 Å². The van der Waals surface area contributed by atoms with E-state index in [0.717, 1.165) is 11.8 Å². The van der Waals surface area contributed by atoms with E-state index < -0.39 is 18.4 Å². The number of ether oxygens (including phenoxy) is 1. The van der Waals surface area contributed by atoms with Gasteiger partial charge >= 0.3 is 24.8 Å². The molecular weight excluding hydrogens is 281 g/mol. The summed E-state index contributed by atoms with van der Waals surface area (Å²) in [6.45, 7) is 0.0399. The Hall–Kier alpha value is -2.29. The van der Waals surface area contributed by atoms with Gasteiger partial charge in [-0.15, -0.1) is 0 Å². The normalized spacial score (nSPS) is 9.64. The molecule has 0 bridgehead atoms. The molecule has 0 spiro atoms. The van der Waals surface area contributed by atoms with Gasteiger partial charge < -0.3 is 19.8 Å². The predicted molar refractivity (Wildman–Crippen MR) is 69.7 cm³/mol. The fourth-order valence-corrected chi connectivity index (χ4v) is 1.82. The Labute approximate surface area is 139 Å².